The summed E-state index contributed by atoms with van der Waals surface area (Å²) in [5.74, 6) is -0.241. The normalized spacial score (nSPS) is 12.1. The Bertz CT molecular complexity index is 1080. The van der Waals surface area contributed by atoms with Crippen molar-refractivity contribution < 1.29 is 4.39 Å². The Labute approximate surface area is 182 Å². The number of benzene rings is 3. The van der Waals surface area contributed by atoms with Crippen LogP contribution in [0.3, 0.4) is 0 Å². The Kier molecular flexibility index (Phi) is 6.85. The first-order valence-corrected chi connectivity index (χ1v) is 10.7. The Balaban J connectivity index is 1.58. The molecule has 0 fully saturated rings. The highest BCUT2D eigenvalue weighted by Crippen LogP contribution is 2.23. The summed E-state index contributed by atoms with van der Waals surface area (Å²) in [7, 11) is 0. The number of nitrogens with zero attached hydrogens (tertiary/aromatic N) is 3. The maximum atomic E-state index is 13.2. The van der Waals surface area contributed by atoms with Crippen LogP contribution in [0.5, 0.6) is 0 Å². The Morgan fingerprint density at radius 3 is 2.23 bits per heavy atom. The SMILES string of the molecule is CCC[C@H](NCc1nn(Cc2ccc(F)cc2)nc1-c1ccccc1)c1ccccc1. The van der Waals surface area contributed by atoms with Gasteiger partial charge in [0.1, 0.15) is 17.2 Å². The molecule has 1 N–H and O–H groups in total. The van der Waals surface area contributed by atoms with Crippen LogP contribution in [0.1, 0.15) is 42.6 Å². The van der Waals surface area contributed by atoms with Gasteiger partial charge < -0.3 is 5.32 Å². The molecule has 0 unspecified atom stereocenters. The van der Waals surface area contributed by atoms with Gasteiger partial charge in [-0.15, -0.1) is 0 Å². The third kappa shape index (κ3) is 5.44. The van der Waals surface area contributed by atoms with E-state index in [1.54, 1.807) is 16.9 Å². The molecule has 31 heavy (non-hydrogen) atoms. The fourth-order valence-corrected chi connectivity index (χ4v) is 3.73. The Morgan fingerprint density at radius 1 is 0.871 bits per heavy atom. The van der Waals surface area contributed by atoms with Crippen molar-refractivity contribution in [1.29, 1.82) is 0 Å². The van der Waals surface area contributed by atoms with Gasteiger partial charge in [-0.05, 0) is 29.7 Å². The molecule has 0 bridgehead atoms. The second-order valence-electron chi connectivity index (χ2n) is 7.65. The van der Waals surface area contributed by atoms with Gasteiger partial charge in [-0.3, -0.25) is 0 Å². The fourth-order valence-electron chi connectivity index (χ4n) is 3.73. The zero-order chi connectivity index (χ0) is 21.5. The molecule has 0 aliphatic rings. The molecule has 158 valence electrons. The molecule has 0 aliphatic carbocycles. The van der Waals surface area contributed by atoms with Gasteiger partial charge in [-0.2, -0.15) is 15.0 Å². The maximum absolute atomic E-state index is 13.2. The second kappa shape index (κ2) is 10.1. The molecule has 4 aromatic rings. The second-order valence-corrected chi connectivity index (χ2v) is 7.65. The van der Waals surface area contributed by atoms with Gasteiger partial charge in [0.05, 0.1) is 6.54 Å². The molecule has 4 rings (SSSR count). The lowest BCUT2D eigenvalue weighted by molar-refractivity contribution is 0.485. The third-order valence-electron chi connectivity index (χ3n) is 5.30. The van der Waals surface area contributed by atoms with Gasteiger partial charge in [0.2, 0.25) is 0 Å². The molecule has 0 aliphatic heterocycles. The maximum Gasteiger partial charge on any atom is 0.123 e. The number of rotatable bonds is 9. The summed E-state index contributed by atoms with van der Waals surface area (Å²) in [6, 6.07) is 27.4. The monoisotopic (exact) mass is 414 g/mol. The first-order valence-electron chi connectivity index (χ1n) is 10.7. The summed E-state index contributed by atoms with van der Waals surface area (Å²) in [5, 5.41) is 13.2. The fraction of sp³-hybridized carbons (Fsp3) is 0.231. The van der Waals surface area contributed by atoms with E-state index in [2.05, 4.69) is 48.6 Å². The molecule has 0 saturated carbocycles. The zero-order valence-corrected chi connectivity index (χ0v) is 17.7. The Morgan fingerprint density at radius 2 is 1.55 bits per heavy atom. The molecule has 4 nitrogen and oxygen atoms in total. The number of hydrogen-bond acceptors (Lipinski definition) is 3. The van der Waals surface area contributed by atoms with Gasteiger partial charge in [0, 0.05) is 18.2 Å². The van der Waals surface area contributed by atoms with E-state index in [0.717, 1.165) is 35.4 Å². The standard InChI is InChI=1S/C26H27FN4/c1-2-9-24(21-10-5-3-6-11-21)28-18-25-26(22-12-7-4-8-13-22)30-31(29-25)19-20-14-16-23(27)17-15-20/h3-8,10-17,24,28H,2,9,18-19H2,1H3/t24-/m0/s1. The van der Waals surface area contributed by atoms with E-state index in [1.807, 2.05) is 24.3 Å². The molecule has 1 heterocycles. The van der Waals surface area contributed by atoms with E-state index >= 15 is 0 Å². The van der Waals surface area contributed by atoms with Crippen LogP contribution in [-0.2, 0) is 13.1 Å². The molecule has 0 spiro atoms. The first kappa shape index (κ1) is 20.9. The number of aromatic nitrogens is 3. The molecule has 0 radical (unpaired) electrons. The van der Waals surface area contributed by atoms with Gasteiger partial charge in [0.15, 0.2) is 0 Å². The van der Waals surface area contributed by atoms with E-state index in [-0.39, 0.29) is 11.9 Å². The van der Waals surface area contributed by atoms with Crippen LogP contribution in [0.4, 0.5) is 4.39 Å². The van der Waals surface area contributed by atoms with Crippen molar-refractivity contribution in [2.24, 2.45) is 0 Å². The van der Waals surface area contributed by atoms with Crippen LogP contribution in [0.2, 0.25) is 0 Å². The minimum absolute atomic E-state index is 0.241. The van der Waals surface area contributed by atoms with Crippen molar-refractivity contribution in [2.45, 2.75) is 38.9 Å². The van der Waals surface area contributed by atoms with E-state index < -0.39 is 0 Å². The summed E-state index contributed by atoms with van der Waals surface area (Å²) < 4.78 is 13.2. The highest BCUT2D eigenvalue weighted by Gasteiger charge is 2.16. The van der Waals surface area contributed by atoms with Crippen molar-refractivity contribution >= 4 is 0 Å². The van der Waals surface area contributed by atoms with Crippen molar-refractivity contribution in [2.75, 3.05) is 0 Å². The molecule has 0 saturated heterocycles. The average molecular weight is 415 g/mol. The van der Waals surface area contributed by atoms with Crippen molar-refractivity contribution in [3.05, 3.63) is 108 Å². The van der Waals surface area contributed by atoms with Crippen LogP contribution in [0.15, 0.2) is 84.9 Å². The lowest BCUT2D eigenvalue weighted by Crippen LogP contribution is -2.21. The summed E-state index contributed by atoms with van der Waals surface area (Å²) in [5.41, 5.74) is 5.06. The van der Waals surface area contributed by atoms with Crippen LogP contribution in [0, 0.1) is 5.82 Å². The molecule has 1 aromatic heterocycles. The van der Waals surface area contributed by atoms with E-state index in [0.29, 0.717) is 13.1 Å². The lowest BCUT2D eigenvalue weighted by atomic mass is 10.0. The van der Waals surface area contributed by atoms with Crippen molar-refractivity contribution in [3.8, 4) is 11.3 Å². The minimum atomic E-state index is -0.241. The van der Waals surface area contributed by atoms with Crippen molar-refractivity contribution in [1.82, 2.24) is 20.3 Å². The smallest absolute Gasteiger partial charge is 0.123 e. The number of nitrogens with one attached hydrogen (secondary N) is 1. The van der Waals surface area contributed by atoms with Gasteiger partial charge in [-0.1, -0.05) is 86.1 Å². The average Bonchev–Trinajstić information content (AvgIpc) is 3.22. The molecular weight excluding hydrogens is 387 g/mol. The first-order chi connectivity index (χ1) is 15.2. The number of hydrogen-bond donors (Lipinski definition) is 1. The zero-order valence-electron chi connectivity index (χ0n) is 17.7. The minimum Gasteiger partial charge on any atom is -0.304 e. The lowest BCUT2D eigenvalue weighted by Gasteiger charge is -2.18. The molecule has 0 amide bonds. The Hall–Kier alpha value is -3.31. The molecule has 5 heteroatoms. The van der Waals surface area contributed by atoms with Crippen molar-refractivity contribution in [3.63, 3.8) is 0 Å². The molecule has 1 atom stereocenters. The predicted octanol–water partition coefficient (Wildman–Crippen LogP) is 5.76. The van der Waals surface area contributed by atoms with Crippen LogP contribution < -0.4 is 5.32 Å². The summed E-state index contributed by atoms with van der Waals surface area (Å²) in [4.78, 5) is 1.70. The number of halogens is 1. The van der Waals surface area contributed by atoms with E-state index in [4.69, 9.17) is 10.2 Å². The summed E-state index contributed by atoms with van der Waals surface area (Å²) >= 11 is 0. The molecule has 3 aromatic carbocycles. The van der Waals surface area contributed by atoms with Gasteiger partial charge in [-0.25, -0.2) is 4.39 Å². The summed E-state index contributed by atoms with van der Waals surface area (Å²) in [6.07, 6.45) is 2.14. The highest BCUT2D eigenvalue weighted by atomic mass is 19.1. The van der Waals surface area contributed by atoms with E-state index in [1.165, 1.54) is 17.7 Å². The largest absolute Gasteiger partial charge is 0.304 e. The quantitative estimate of drug-likeness (QED) is 0.378. The third-order valence-corrected chi connectivity index (χ3v) is 5.30. The molecular formula is C26H27FN4. The van der Waals surface area contributed by atoms with Crippen LogP contribution in [-0.4, -0.2) is 15.0 Å². The van der Waals surface area contributed by atoms with Gasteiger partial charge >= 0.3 is 0 Å². The van der Waals surface area contributed by atoms with Gasteiger partial charge in [0.25, 0.3) is 0 Å². The van der Waals surface area contributed by atoms with Crippen LogP contribution in [0.25, 0.3) is 11.3 Å². The van der Waals surface area contributed by atoms with E-state index in [9.17, 15) is 4.39 Å². The van der Waals surface area contributed by atoms with Crippen LogP contribution >= 0.6 is 0 Å². The predicted molar refractivity (Wildman–Crippen MR) is 122 cm³/mol. The highest BCUT2D eigenvalue weighted by molar-refractivity contribution is 5.60. The topological polar surface area (TPSA) is 42.7 Å². The summed E-state index contributed by atoms with van der Waals surface area (Å²) in [6.45, 7) is 3.32.